The van der Waals surface area contributed by atoms with Crippen LogP contribution >= 0.6 is 0 Å². The van der Waals surface area contributed by atoms with Gasteiger partial charge in [-0.3, -0.25) is 4.90 Å². The lowest BCUT2D eigenvalue weighted by molar-refractivity contribution is 0.239. The van der Waals surface area contributed by atoms with E-state index in [-0.39, 0.29) is 6.10 Å². The molecule has 3 nitrogen and oxygen atoms in total. The highest BCUT2D eigenvalue weighted by Gasteiger charge is 2.08. The second kappa shape index (κ2) is 8.56. The van der Waals surface area contributed by atoms with Gasteiger partial charge < -0.3 is 10.5 Å². The molecule has 110 valence electrons. The van der Waals surface area contributed by atoms with Crippen LogP contribution in [0.5, 0.6) is 5.75 Å². The summed E-state index contributed by atoms with van der Waals surface area (Å²) in [6.45, 7) is 14.6. The van der Waals surface area contributed by atoms with Crippen molar-refractivity contribution in [1.82, 2.24) is 4.90 Å². The van der Waals surface area contributed by atoms with Gasteiger partial charge in [0.2, 0.25) is 0 Å². The molecule has 0 spiro atoms. The predicted molar refractivity (Wildman–Crippen MR) is 85.8 cm³/mol. The largest absolute Gasteiger partial charge is 0.491 e. The molecule has 20 heavy (non-hydrogen) atoms. The lowest BCUT2D eigenvalue weighted by Gasteiger charge is -2.20. The van der Waals surface area contributed by atoms with Crippen LogP contribution in [0.1, 0.15) is 25.0 Å². The van der Waals surface area contributed by atoms with Crippen molar-refractivity contribution in [2.45, 2.75) is 33.0 Å². The maximum absolute atomic E-state index is 5.84. The minimum atomic E-state index is 0.146. The summed E-state index contributed by atoms with van der Waals surface area (Å²) in [6.07, 6.45) is 3.96. The summed E-state index contributed by atoms with van der Waals surface area (Å²) >= 11 is 0. The molecule has 0 aromatic heterocycles. The van der Waals surface area contributed by atoms with Crippen LogP contribution < -0.4 is 10.5 Å². The zero-order valence-electron chi connectivity index (χ0n) is 12.6. The first-order valence-electron chi connectivity index (χ1n) is 7.03. The van der Waals surface area contributed by atoms with Gasteiger partial charge in [0.05, 0.1) is 6.10 Å². The molecule has 0 saturated heterocycles. The van der Waals surface area contributed by atoms with Gasteiger partial charge in [-0.1, -0.05) is 24.3 Å². The van der Waals surface area contributed by atoms with Gasteiger partial charge in [-0.2, -0.15) is 0 Å². The number of rotatable bonds is 9. The van der Waals surface area contributed by atoms with Crippen molar-refractivity contribution in [1.29, 1.82) is 0 Å². The predicted octanol–water partition coefficient (Wildman–Crippen LogP) is 3.11. The van der Waals surface area contributed by atoms with Crippen molar-refractivity contribution in [3.8, 4) is 5.75 Å². The zero-order valence-corrected chi connectivity index (χ0v) is 12.6. The van der Waals surface area contributed by atoms with E-state index in [4.69, 9.17) is 10.5 Å². The van der Waals surface area contributed by atoms with Crippen molar-refractivity contribution in [3.63, 3.8) is 0 Å². The molecule has 3 heteroatoms. The summed E-state index contributed by atoms with van der Waals surface area (Å²) in [5.74, 6) is 0.886. The molecular weight excluding hydrogens is 248 g/mol. The van der Waals surface area contributed by atoms with E-state index in [2.05, 4.69) is 30.2 Å². The fourth-order valence-electron chi connectivity index (χ4n) is 2.06. The van der Waals surface area contributed by atoms with Crippen LogP contribution in [0, 0.1) is 0 Å². The highest BCUT2D eigenvalue weighted by Crippen LogP contribution is 2.22. The Bertz CT molecular complexity index is 431. The molecule has 0 amide bonds. The lowest BCUT2D eigenvalue weighted by Crippen LogP contribution is -2.23. The fourth-order valence-corrected chi connectivity index (χ4v) is 2.06. The molecule has 0 unspecified atom stereocenters. The fraction of sp³-hybridized carbons (Fsp3) is 0.412. The Morgan fingerprint density at radius 1 is 1.25 bits per heavy atom. The van der Waals surface area contributed by atoms with Crippen LogP contribution in [0.4, 0.5) is 0 Å². The molecule has 0 aliphatic heterocycles. The lowest BCUT2D eigenvalue weighted by atomic mass is 10.1. The van der Waals surface area contributed by atoms with Crippen LogP contribution in [0.25, 0.3) is 0 Å². The second-order valence-corrected chi connectivity index (χ2v) is 5.08. The summed E-state index contributed by atoms with van der Waals surface area (Å²) in [4.78, 5) is 2.26. The summed E-state index contributed by atoms with van der Waals surface area (Å²) in [6, 6.07) is 6.24. The number of ether oxygens (including phenoxy) is 1. The van der Waals surface area contributed by atoms with E-state index in [1.807, 2.05) is 32.1 Å². The maximum Gasteiger partial charge on any atom is 0.124 e. The smallest absolute Gasteiger partial charge is 0.124 e. The van der Waals surface area contributed by atoms with E-state index < -0.39 is 0 Å². The normalized spacial score (nSPS) is 10.8. The molecule has 1 aromatic rings. The molecule has 1 rings (SSSR count). The average molecular weight is 274 g/mol. The maximum atomic E-state index is 5.84. The molecule has 0 aliphatic rings. The van der Waals surface area contributed by atoms with Crippen LogP contribution in [-0.4, -0.2) is 24.1 Å². The Balaban J connectivity index is 2.88. The summed E-state index contributed by atoms with van der Waals surface area (Å²) in [5, 5.41) is 0. The minimum Gasteiger partial charge on any atom is -0.491 e. The van der Waals surface area contributed by atoms with E-state index in [9.17, 15) is 0 Å². The average Bonchev–Trinajstić information content (AvgIpc) is 2.39. The molecule has 0 radical (unpaired) electrons. The Hall–Kier alpha value is -1.58. The molecule has 0 heterocycles. The molecule has 1 aromatic carbocycles. The van der Waals surface area contributed by atoms with Crippen molar-refractivity contribution in [2.75, 3.05) is 13.1 Å². The third-order valence-electron chi connectivity index (χ3n) is 2.89. The van der Waals surface area contributed by atoms with Crippen molar-refractivity contribution in [3.05, 3.63) is 54.6 Å². The Labute approximate surface area is 122 Å². The first-order chi connectivity index (χ1) is 9.60. The van der Waals surface area contributed by atoms with Gasteiger partial charge in [0.1, 0.15) is 5.75 Å². The summed E-state index contributed by atoms with van der Waals surface area (Å²) in [7, 11) is 0. The van der Waals surface area contributed by atoms with Crippen molar-refractivity contribution in [2.24, 2.45) is 5.73 Å². The van der Waals surface area contributed by atoms with Gasteiger partial charge >= 0.3 is 0 Å². The molecule has 2 N–H and O–H groups in total. The summed E-state index contributed by atoms with van der Waals surface area (Å²) < 4.78 is 5.84. The minimum absolute atomic E-state index is 0.146. The molecule has 0 bridgehead atoms. The summed E-state index contributed by atoms with van der Waals surface area (Å²) in [5.41, 5.74) is 8.01. The number of hydrogen-bond acceptors (Lipinski definition) is 3. The van der Waals surface area contributed by atoms with Crippen LogP contribution in [0.15, 0.2) is 43.5 Å². The standard InChI is InChI=1S/C17H26N2O/c1-5-9-19(10-6-2)13-15-7-8-16(12-18)17(11-15)20-14(3)4/h5-8,11,14H,1-2,9-10,12-13,18H2,3-4H3. The van der Waals surface area contributed by atoms with Gasteiger partial charge in [0, 0.05) is 31.7 Å². The van der Waals surface area contributed by atoms with Gasteiger partial charge in [0.25, 0.3) is 0 Å². The monoisotopic (exact) mass is 274 g/mol. The third kappa shape index (κ3) is 5.19. The van der Waals surface area contributed by atoms with Gasteiger partial charge in [-0.15, -0.1) is 13.2 Å². The zero-order chi connectivity index (χ0) is 15.0. The molecular formula is C17H26N2O. The molecule has 0 atom stereocenters. The first-order valence-corrected chi connectivity index (χ1v) is 7.03. The van der Waals surface area contributed by atoms with Crippen molar-refractivity contribution >= 4 is 0 Å². The number of nitrogens with zero attached hydrogens (tertiary/aromatic N) is 1. The van der Waals surface area contributed by atoms with Crippen LogP contribution in [0.3, 0.4) is 0 Å². The third-order valence-corrected chi connectivity index (χ3v) is 2.89. The highest BCUT2D eigenvalue weighted by atomic mass is 16.5. The highest BCUT2D eigenvalue weighted by molar-refractivity contribution is 5.37. The molecule has 0 aliphatic carbocycles. The van der Waals surface area contributed by atoms with Gasteiger partial charge in [-0.25, -0.2) is 0 Å². The van der Waals surface area contributed by atoms with E-state index in [1.165, 1.54) is 5.56 Å². The Morgan fingerprint density at radius 2 is 1.90 bits per heavy atom. The van der Waals surface area contributed by atoms with E-state index >= 15 is 0 Å². The van der Waals surface area contributed by atoms with Crippen LogP contribution in [0.2, 0.25) is 0 Å². The quantitative estimate of drug-likeness (QED) is 0.703. The van der Waals surface area contributed by atoms with Crippen molar-refractivity contribution < 1.29 is 4.74 Å². The van der Waals surface area contributed by atoms with E-state index in [0.717, 1.165) is 30.9 Å². The molecule has 0 saturated carbocycles. The number of benzene rings is 1. The van der Waals surface area contributed by atoms with Crippen LogP contribution in [-0.2, 0) is 13.1 Å². The topological polar surface area (TPSA) is 38.5 Å². The SMILES string of the molecule is C=CCN(CC=C)Cc1ccc(CN)c(OC(C)C)c1. The Kier molecular flexibility index (Phi) is 7.05. The second-order valence-electron chi connectivity index (χ2n) is 5.08. The van der Waals surface area contributed by atoms with E-state index in [0.29, 0.717) is 6.54 Å². The first kappa shape index (κ1) is 16.5. The van der Waals surface area contributed by atoms with Gasteiger partial charge in [-0.05, 0) is 25.5 Å². The number of hydrogen-bond donors (Lipinski definition) is 1. The van der Waals surface area contributed by atoms with E-state index in [1.54, 1.807) is 0 Å². The Morgan fingerprint density at radius 3 is 2.40 bits per heavy atom. The molecule has 0 fully saturated rings. The van der Waals surface area contributed by atoms with Gasteiger partial charge in [0.15, 0.2) is 0 Å². The number of nitrogens with two attached hydrogens (primary N) is 1.